The third-order valence-electron chi connectivity index (χ3n) is 3.33. The number of hydrogen-bond acceptors (Lipinski definition) is 5. The van der Waals surface area contributed by atoms with Crippen molar-refractivity contribution in [3.63, 3.8) is 0 Å². The van der Waals surface area contributed by atoms with E-state index < -0.39 is 20.9 Å². The second kappa shape index (κ2) is 7.19. The maximum absolute atomic E-state index is 12.2. The average Bonchev–Trinajstić information content (AvgIpc) is 2.50. The van der Waals surface area contributed by atoms with Gasteiger partial charge in [-0.2, -0.15) is 0 Å². The van der Waals surface area contributed by atoms with Gasteiger partial charge < -0.3 is 8.39 Å². The molecule has 5 nitrogen and oxygen atoms in total. The van der Waals surface area contributed by atoms with Crippen molar-refractivity contribution in [3.05, 3.63) is 65.2 Å². The molecule has 2 rings (SSSR count). The van der Waals surface area contributed by atoms with Crippen LogP contribution < -0.4 is 4.18 Å². The molecular formula is C17H18NO4S2-. The molecule has 128 valence electrons. The molecule has 0 heterocycles. The molecule has 24 heavy (non-hydrogen) atoms. The molecule has 0 saturated carbocycles. The van der Waals surface area contributed by atoms with E-state index in [1.54, 1.807) is 32.1 Å². The van der Waals surface area contributed by atoms with E-state index >= 15 is 0 Å². The van der Waals surface area contributed by atoms with Crippen LogP contribution in [0.15, 0.2) is 51.6 Å². The van der Waals surface area contributed by atoms with Gasteiger partial charge in [0, 0.05) is 10.9 Å². The van der Waals surface area contributed by atoms with E-state index in [9.17, 15) is 12.6 Å². The SMILES string of the molecule is C=Cc1ccc(S(=O)(=O)/N=[S-](=O)\Oc2c(C)cc(C)cc2C)cc1. The van der Waals surface area contributed by atoms with Gasteiger partial charge in [-0.3, -0.25) is 0 Å². The zero-order valence-corrected chi connectivity index (χ0v) is 15.3. The minimum Gasteiger partial charge on any atom is -0.545 e. The number of benzene rings is 2. The second-order valence-corrected chi connectivity index (χ2v) is 7.97. The van der Waals surface area contributed by atoms with Gasteiger partial charge in [0.15, 0.2) is 0 Å². The predicted octanol–water partition coefficient (Wildman–Crippen LogP) is 4.08. The van der Waals surface area contributed by atoms with E-state index in [1.807, 2.05) is 19.1 Å². The fourth-order valence-electron chi connectivity index (χ4n) is 2.28. The molecule has 0 aliphatic rings. The zero-order chi connectivity index (χ0) is 17.9. The molecule has 0 atom stereocenters. The summed E-state index contributed by atoms with van der Waals surface area (Å²) in [4.78, 5) is -0.0533. The van der Waals surface area contributed by atoms with E-state index in [1.165, 1.54) is 12.1 Å². The van der Waals surface area contributed by atoms with Gasteiger partial charge in [0.2, 0.25) is 0 Å². The highest BCUT2D eigenvalue weighted by Crippen LogP contribution is 2.25. The maximum Gasteiger partial charge on any atom is 0.263 e. The predicted molar refractivity (Wildman–Crippen MR) is 95.5 cm³/mol. The van der Waals surface area contributed by atoms with Gasteiger partial charge in [0.25, 0.3) is 10.0 Å². The quantitative estimate of drug-likeness (QED) is 0.749. The fraction of sp³-hybridized carbons (Fsp3) is 0.176. The van der Waals surface area contributed by atoms with Crippen LogP contribution in [0, 0.1) is 20.8 Å². The first kappa shape index (κ1) is 18.2. The van der Waals surface area contributed by atoms with Crippen molar-refractivity contribution in [1.82, 2.24) is 0 Å². The van der Waals surface area contributed by atoms with Crippen LogP contribution >= 0.6 is 0 Å². The standard InChI is InChI=1S/C17H18NO4S2/c1-5-15-6-8-16(9-7-15)24(20,21)18-23(19)22-17-13(3)10-12(2)11-14(17)4/h5-11H,1H2,2-4H3/q-1. The molecule has 0 unspecified atom stereocenters. The molecule has 0 amide bonds. The van der Waals surface area contributed by atoms with Gasteiger partial charge in [0.05, 0.1) is 4.90 Å². The Bertz CT molecular complexity index is 932. The molecule has 0 saturated heterocycles. The molecule has 0 aliphatic carbocycles. The van der Waals surface area contributed by atoms with Crippen LogP contribution in [0.25, 0.3) is 6.08 Å². The van der Waals surface area contributed by atoms with Crippen LogP contribution in [-0.4, -0.2) is 8.42 Å². The summed E-state index contributed by atoms with van der Waals surface area (Å²) < 4.78 is 45.0. The number of rotatable bonds is 5. The van der Waals surface area contributed by atoms with Crippen LogP contribution in [0.3, 0.4) is 0 Å². The van der Waals surface area contributed by atoms with E-state index in [4.69, 9.17) is 4.18 Å². The van der Waals surface area contributed by atoms with Crippen molar-refractivity contribution < 1.29 is 16.8 Å². The highest BCUT2D eigenvalue weighted by molar-refractivity contribution is 7.95. The molecule has 0 bridgehead atoms. The fourth-order valence-corrected chi connectivity index (χ4v) is 4.28. The summed E-state index contributed by atoms with van der Waals surface area (Å²) in [5, 5.41) is 0. The Kier molecular flexibility index (Phi) is 5.46. The maximum atomic E-state index is 12.2. The average molecular weight is 364 g/mol. The highest BCUT2D eigenvalue weighted by atomic mass is 32.3. The molecule has 0 spiro atoms. The Hall–Kier alpha value is -2.12. The summed E-state index contributed by atoms with van der Waals surface area (Å²) in [5.41, 5.74) is 3.35. The molecule has 0 radical (unpaired) electrons. The van der Waals surface area contributed by atoms with Crippen molar-refractivity contribution in [2.75, 3.05) is 0 Å². The van der Waals surface area contributed by atoms with Crippen molar-refractivity contribution in [2.24, 2.45) is 3.77 Å². The first-order chi connectivity index (χ1) is 11.2. The van der Waals surface area contributed by atoms with Gasteiger partial charge >= 0.3 is 0 Å². The third-order valence-corrected chi connectivity index (χ3v) is 5.78. The second-order valence-electron chi connectivity index (χ2n) is 5.35. The Balaban J connectivity index is 2.33. The van der Waals surface area contributed by atoms with E-state index in [0.29, 0.717) is 5.75 Å². The molecule has 2 aromatic rings. The van der Waals surface area contributed by atoms with Gasteiger partial charge in [-0.1, -0.05) is 42.5 Å². The molecule has 7 heteroatoms. The van der Waals surface area contributed by atoms with Crippen molar-refractivity contribution in [1.29, 1.82) is 0 Å². The van der Waals surface area contributed by atoms with Gasteiger partial charge in [0.1, 0.15) is 5.75 Å². The number of sulfonamides is 1. The van der Waals surface area contributed by atoms with Gasteiger partial charge in [-0.15, -0.1) is 0 Å². The first-order valence-electron chi connectivity index (χ1n) is 7.11. The Morgan fingerprint density at radius 2 is 1.62 bits per heavy atom. The molecule has 0 fully saturated rings. The molecule has 0 aliphatic heterocycles. The lowest BCUT2D eigenvalue weighted by molar-refractivity contribution is 0.525. The monoisotopic (exact) mass is 364 g/mol. The van der Waals surface area contributed by atoms with Crippen LogP contribution in [0.4, 0.5) is 0 Å². The van der Waals surface area contributed by atoms with E-state index in [-0.39, 0.29) is 4.90 Å². The van der Waals surface area contributed by atoms with Gasteiger partial charge in [-0.25, -0.2) is 12.2 Å². The van der Waals surface area contributed by atoms with Crippen molar-refractivity contribution in [2.45, 2.75) is 25.7 Å². The van der Waals surface area contributed by atoms with Crippen LogP contribution in [0.2, 0.25) is 0 Å². The van der Waals surface area contributed by atoms with Gasteiger partial charge in [-0.05, 0) is 49.6 Å². The topological polar surface area (TPSA) is 72.8 Å². The summed E-state index contributed by atoms with van der Waals surface area (Å²) in [6.07, 6.45) is 1.59. The normalized spacial score (nSPS) is 12.8. The smallest absolute Gasteiger partial charge is 0.263 e. The summed E-state index contributed by atoms with van der Waals surface area (Å²) in [7, 11) is -6.43. The number of hydrogen-bond donors (Lipinski definition) is 0. The Morgan fingerprint density at radius 1 is 1.08 bits per heavy atom. The summed E-state index contributed by atoms with van der Waals surface area (Å²) >= 11 is 0. The van der Waals surface area contributed by atoms with Crippen LogP contribution in [0.1, 0.15) is 22.3 Å². The summed E-state index contributed by atoms with van der Waals surface area (Å²) in [6, 6.07) is 9.68. The van der Waals surface area contributed by atoms with Crippen LogP contribution in [0.5, 0.6) is 5.75 Å². The summed E-state index contributed by atoms with van der Waals surface area (Å²) in [6.45, 7) is 9.13. The largest absolute Gasteiger partial charge is 0.545 e. The minimum atomic E-state index is -4.07. The van der Waals surface area contributed by atoms with E-state index in [2.05, 4.69) is 10.3 Å². The zero-order valence-electron chi connectivity index (χ0n) is 13.6. The Labute approximate surface area is 144 Å². The lowest BCUT2D eigenvalue weighted by atomic mass is 10.1. The molecule has 2 aromatic carbocycles. The van der Waals surface area contributed by atoms with E-state index in [0.717, 1.165) is 22.3 Å². The molecular weight excluding hydrogens is 346 g/mol. The number of nitrogens with zero attached hydrogens (tertiary/aromatic N) is 1. The van der Waals surface area contributed by atoms with Crippen molar-refractivity contribution in [3.8, 4) is 5.75 Å². The van der Waals surface area contributed by atoms with Crippen LogP contribution in [-0.2, 0) is 25.1 Å². The molecule has 0 aromatic heterocycles. The lowest BCUT2D eigenvalue weighted by Crippen LogP contribution is -2.01. The first-order valence-corrected chi connectivity index (χ1v) is 9.58. The van der Waals surface area contributed by atoms with Crippen molar-refractivity contribution >= 4 is 27.0 Å². The third kappa shape index (κ3) is 4.24. The Morgan fingerprint density at radius 3 is 2.12 bits per heavy atom. The molecule has 0 N–H and O–H groups in total. The highest BCUT2D eigenvalue weighted by Gasteiger charge is 2.10. The summed E-state index contributed by atoms with van der Waals surface area (Å²) in [5.74, 6) is 0.375. The lowest BCUT2D eigenvalue weighted by Gasteiger charge is -2.15. The number of aryl methyl sites for hydroxylation is 3. The minimum absolute atomic E-state index is 0.0533.